The maximum Gasteiger partial charge on any atom is 0.00826 e. The van der Waals surface area contributed by atoms with Gasteiger partial charge in [-0.25, -0.2) is 0 Å². The van der Waals surface area contributed by atoms with E-state index in [1.54, 1.807) is 0 Å². The van der Waals surface area contributed by atoms with Crippen molar-refractivity contribution in [2.75, 3.05) is 0 Å². The van der Waals surface area contributed by atoms with Gasteiger partial charge in [0.15, 0.2) is 0 Å². The molecule has 1 aromatic rings. The van der Waals surface area contributed by atoms with Gasteiger partial charge in [0.05, 0.1) is 0 Å². The Balaban J connectivity index is 2.42. The van der Waals surface area contributed by atoms with E-state index in [1.807, 2.05) is 0 Å². The summed E-state index contributed by atoms with van der Waals surface area (Å²) in [4.78, 5) is 1.12. The summed E-state index contributed by atoms with van der Waals surface area (Å²) in [5.41, 5.74) is 8.67. The number of fused-ring (bicyclic) bond motifs is 1. The van der Waals surface area contributed by atoms with Crippen LogP contribution in [0.15, 0.2) is 23.1 Å². The summed E-state index contributed by atoms with van der Waals surface area (Å²) < 4.78 is 0. The molecule has 0 amide bonds. The molecule has 1 aliphatic carbocycles. The molecule has 0 heterocycles. The lowest BCUT2D eigenvalue weighted by Crippen LogP contribution is -2.27. The Hall–Kier alpha value is -0.470. The van der Waals surface area contributed by atoms with Crippen molar-refractivity contribution in [2.45, 2.75) is 30.2 Å². The van der Waals surface area contributed by atoms with Crippen molar-refractivity contribution in [3.05, 3.63) is 29.3 Å². The maximum atomic E-state index is 5.87. The van der Waals surface area contributed by atoms with Gasteiger partial charge < -0.3 is 5.73 Å². The molecule has 1 nitrogen and oxygen atoms in total. The average Bonchev–Trinajstić information content (AvgIpc) is 2.04. The fraction of sp³-hybridized carbons (Fsp3) is 0.400. The molecule has 12 heavy (non-hydrogen) atoms. The third-order valence-electron chi connectivity index (χ3n) is 2.50. The molecule has 1 aliphatic rings. The molecule has 0 radical (unpaired) electrons. The van der Waals surface area contributed by atoms with Crippen molar-refractivity contribution in [3.63, 3.8) is 0 Å². The molecule has 1 aromatic carbocycles. The van der Waals surface area contributed by atoms with Crippen molar-refractivity contribution < 1.29 is 0 Å². The molecule has 0 unspecified atom stereocenters. The number of thiol groups is 1. The van der Waals surface area contributed by atoms with Gasteiger partial charge in [-0.05, 0) is 36.5 Å². The molecule has 0 spiro atoms. The van der Waals surface area contributed by atoms with E-state index in [-0.39, 0.29) is 0 Å². The Morgan fingerprint density at radius 1 is 1.42 bits per heavy atom. The largest absolute Gasteiger partial charge is 0.327 e. The SMILES string of the molecule is N[C@@H]1CCc2c(S)cccc2C1. The van der Waals surface area contributed by atoms with Crippen LogP contribution in [0, 0.1) is 0 Å². The molecule has 0 bridgehead atoms. The standard InChI is InChI=1S/C10H13NS/c11-8-4-5-9-7(6-8)2-1-3-10(9)12/h1-3,8,12H,4-6,11H2/t8-/m1/s1. The smallest absolute Gasteiger partial charge is 0.00826 e. The molecular formula is C10H13NS. The second kappa shape index (κ2) is 3.11. The summed E-state index contributed by atoms with van der Waals surface area (Å²) in [5, 5.41) is 0. The Kier molecular flexibility index (Phi) is 2.11. The predicted octanol–water partition coefficient (Wildman–Crippen LogP) is 1.79. The number of hydrogen-bond donors (Lipinski definition) is 2. The zero-order valence-electron chi connectivity index (χ0n) is 6.96. The van der Waals surface area contributed by atoms with E-state index in [0.29, 0.717) is 6.04 Å². The third-order valence-corrected chi connectivity index (χ3v) is 2.91. The van der Waals surface area contributed by atoms with Crippen LogP contribution in [0.4, 0.5) is 0 Å². The van der Waals surface area contributed by atoms with Crippen LogP contribution in [0.5, 0.6) is 0 Å². The summed E-state index contributed by atoms with van der Waals surface area (Å²) in [6, 6.07) is 6.62. The molecule has 2 rings (SSSR count). The molecule has 2 heteroatoms. The first-order valence-corrected chi connectivity index (χ1v) is 4.77. The molecule has 1 atom stereocenters. The van der Waals surface area contributed by atoms with E-state index in [9.17, 15) is 0 Å². The number of benzene rings is 1. The normalized spacial score (nSPS) is 22.0. The molecule has 0 aromatic heterocycles. The number of rotatable bonds is 0. The fourth-order valence-electron chi connectivity index (χ4n) is 1.82. The van der Waals surface area contributed by atoms with Crippen molar-refractivity contribution >= 4 is 12.6 Å². The van der Waals surface area contributed by atoms with Crippen molar-refractivity contribution in [1.29, 1.82) is 0 Å². The van der Waals surface area contributed by atoms with Crippen molar-refractivity contribution in [1.82, 2.24) is 0 Å². The predicted molar refractivity (Wildman–Crippen MR) is 53.7 cm³/mol. The van der Waals surface area contributed by atoms with Crippen molar-refractivity contribution in [2.24, 2.45) is 5.73 Å². The Morgan fingerprint density at radius 3 is 3.08 bits per heavy atom. The highest BCUT2D eigenvalue weighted by Gasteiger charge is 2.16. The zero-order chi connectivity index (χ0) is 8.55. The van der Waals surface area contributed by atoms with E-state index in [0.717, 1.165) is 24.2 Å². The van der Waals surface area contributed by atoms with Crippen LogP contribution in [0.2, 0.25) is 0 Å². The minimum atomic E-state index is 0.354. The molecule has 0 aliphatic heterocycles. The van der Waals surface area contributed by atoms with E-state index in [1.165, 1.54) is 11.1 Å². The van der Waals surface area contributed by atoms with E-state index in [2.05, 4.69) is 30.8 Å². The zero-order valence-corrected chi connectivity index (χ0v) is 7.85. The number of hydrogen-bond acceptors (Lipinski definition) is 2. The summed E-state index contributed by atoms with van der Waals surface area (Å²) >= 11 is 4.42. The van der Waals surface area contributed by atoms with Gasteiger partial charge in [0.25, 0.3) is 0 Å². The highest BCUT2D eigenvalue weighted by atomic mass is 32.1. The van der Waals surface area contributed by atoms with E-state index >= 15 is 0 Å². The van der Waals surface area contributed by atoms with Crippen LogP contribution < -0.4 is 5.73 Å². The minimum absolute atomic E-state index is 0.354. The Bertz CT molecular complexity index is 296. The summed E-state index contributed by atoms with van der Waals surface area (Å²) in [5.74, 6) is 0. The second-order valence-electron chi connectivity index (χ2n) is 3.42. The van der Waals surface area contributed by atoms with Gasteiger partial charge in [-0.2, -0.15) is 0 Å². The van der Waals surface area contributed by atoms with Crippen LogP contribution in [-0.4, -0.2) is 6.04 Å². The molecular weight excluding hydrogens is 166 g/mol. The molecule has 0 saturated heterocycles. The topological polar surface area (TPSA) is 26.0 Å². The van der Waals surface area contributed by atoms with Gasteiger partial charge >= 0.3 is 0 Å². The monoisotopic (exact) mass is 179 g/mol. The molecule has 0 saturated carbocycles. The van der Waals surface area contributed by atoms with Crippen LogP contribution in [0.25, 0.3) is 0 Å². The van der Waals surface area contributed by atoms with Gasteiger partial charge in [-0.1, -0.05) is 12.1 Å². The summed E-state index contributed by atoms with van der Waals surface area (Å²) in [6.07, 6.45) is 3.21. The Labute approximate surface area is 78.4 Å². The van der Waals surface area contributed by atoms with Crippen LogP contribution in [0.3, 0.4) is 0 Å². The lowest BCUT2D eigenvalue weighted by atomic mass is 9.89. The van der Waals surface area contributed by atoms with Gasteiger partial charge in [0, 0.05) is 10.9 Å². The summed E-state index contributed by atoms with van der Waals surface area (Å²) in [7, 11) is 0. The highest BCUT2D eigenvalue weighted by molar-refractivity contribution is 7.80. The van der Waals surface area contributed by atoms with Crippen LogP contribution >= 0.6 is 12.6 Å². The quantitative estimate of drug-likeness (QED) is 0.583. The van der Waals surface area contributed by atoms with E-state index < -0.39 is 0 Å². The molecule has 64 valence electrons. The summed E-state index contributed by atoms with van der Waals surface area (Å²) in [6.45, 7) is 0. The van der Waals surface area contributed by atoms with E-state index in [4.69, 9.17) is 5.73 Å². The number of nitrogens with two attached hydrogens (primary N) is 1. The first-order valence-electron chi connectivity index (χ1n) is 4.32. The average molecular weight is 179 g/mol. The minimum Gasteiger partial charge on any atom is -0.327 e. The maximum absolute atomic E-state index is 5.87. The van der Waals surface area contributed by atoms with Crippen molar-refractivity contribution in [3.8, 4) is 0 Å². The van der Waals surface area contributed by atoms with Crippen LogP contribution in [-0.2, 0) is 12.8 Å². The van der Waals surface area contributed by atoms with Gasteiger partial charge in [-0.15, -0.1) is 12.6 Å². The van der Waals surface area contributed by atoms with Gasteiger partial charge in [0.1, 0.15) is 0 Å². The second-order valence-corrected chi connectivity index (χ2v) is 3.90. The highest BCUT2D eigenvalue weighted by Crippen LogP contribution is 2.25. The fourth-order valence-corrected chi connectivity index (χ4v) is 2.16. The first kappa shape index (κ1) is 8.14. The third kappa shape index (κ3) is 1.37. The van der Waals surface area contributed by atoms with Gasteiger partial charge in [-0.3, -0.25) is 0 Å². The molecule has 0 fully saturated rings. The first-order chi connectivity index (χ1) is 5.77. The molecule has 2 N–H and O–H groups in total. The Morgan fingerprint density at radius 2 is 2.25 bits per heavy atom. The lowest BCUT2D eigenvalue weighted by Gasteiger charge is -2.22. The lowest BCUT2D eigenvalue weighted by molar-refractivity contribution is 0.571. The van der Waals surface area contributed by atoms with Gasteiger partial charge in [0.2, 0.25) is 0 Å². The van der Waals surface area contributed by atoms with Crippen LogP contribution in [0.1, 0.15) is 17.5 Å².